The zero-order chi connectivity index (χ0) is 18.7. The Hall–Kier alpha value is -3.32. The Morgan fingerprint density at radius 3 is 2.46 bits per heavy atom. The summed E-state index contributed by atoms with van der Waals surface area (Å²) in [5.74, 6) is -1.53. The summed E-state index contributed by atoms with van der Waals surface area (Å²) < 4.78 is 1.62. The maximum Gasteiger partial charge on any atom is 0.290 e. The van der Waals surface area contributed by atoms with Crippen molar-refractivity contribution in [1.82, 2.24) is 20.6 Å². The molecule has 0 aliphatic heterocycles. The molecular weight excluding hydrogens is 356 g/mol. The topological polar surface area (TPSA) is 96.2 Å². The number of carbonyl (C=O) groups is 2. The molecule has 2 amide bonds. The second-order valence-corrected chi connectivity index (χ2v) is 5.92. The second kappa shape index (κ2) is 7.28. The Kier molecular flexibility index (Phi) is 4.90. The van der Waals surface area contributed by atoms with Crippen molar-refractivity contribution >= 4 is 23.4 Å². The maximum atomic E-state index is 12.2. The van der Waals surface area contributed by atoms with Crippen LogP contribution in [-0.2, 0) is 0 Å². The number of amides is 2. The summed E-state index contributed by atoms with van der Waals surface area (Å²) in [6.07, 6.45) is 0. The highest BCUT2D eigenvalue weighted by atomic mass is 35.5. The highest BCUT2D eigenvalue weighted by Gasteiger charge is 2.16. The molecule has 3 rings (SSSR count). The van der Waals surface area contributed by atoms with Gasteiger partial charge in [0.1, 0.15) is 5.75 Å². The Balaban J connectivity index is 1.71. The third-order valence-electron chi connectivity index (χ3n) is 3.61. The maximum absolute atomic E-state index is 12.2. The third-order valence-corrected chi connectivity index (χ3v) is 3.85. The van der Waals surface area contributed by atoms with Crippen molar-refractivity contribution in [2.45, 2.75) is 6.92 Å². The molecule has 0 saturated carbocycles. The second-order valence-electron chi connectivity index (χ2n) is 5.49. The van der Waals surface area contributed by atoms with Crippen LogP contribution < -0.4 is 10.9 Å². The Labute approximate surface area is 154 Å². The summed E-state index contributed by atoms with van der Waals surface area (Å²) in [4.78, 5) is 24.3. The van der Waals surface area contributed by atoms with Crippen LogP contribution >= 0.6 is 11.6 Å². The summed E-state index contributed by atoms with van der Waals surface area (Å²) in [5, 5.41) is 14.2. The van der Waals surface area contributed by atoms with Crippen molar-refractivity contribution in [3.05, 3.63) is 76.6 Å². The molecule has 0 aliphatic rings. The number of para-hydroxylation sites is 1. The van der Waals surface area contributed by atoms with E-state index in [1.165, 1.54) is 18.2 Å². The van der Waals surface area contributed by atoms with Crippen LogP contribution in [0.1, 0.15) is 26.5 Å². The fourth-order valence-electron chi connectivity index (χ4n) is 2.35. The van der Waals surface area contributed by atoms with Crippen LogP contribution in [0.25, 0.3) is 5.69 Å². The van der Waals surface area contributed by atoms with Gasteiger partial charge in [0.2, 0.25) is 0 Å². The number of hydrogen-bond donors (Lipinski definition) is 3. The van der Waals surface area contributed by atoms with E-state index in [0.717, 1.165) is 11.4 Å². The number of rotatable bonds is 3. The number of phenols is 1. The fourth-order valence-corrected chi connectivity index (χ4v) is 2.52. The monoisotopic (exact) mass is 370 g/mol. The molecule has 8 heteroatoms. The van der Waals surface area contributed by atoms with Gasteiger partial charge in [-0.1, -0.05) is 29.8 Å². The molecule has 1 heterocycles. The SMILES string of the molecule is Cc1cc(C(=O)NNC(=O)c2cc(Cl)ccc2O)nn1-c1ccccc1. The standard InChI is InChI=1S/C18H15ClN4O3/c1-11-9-15(22-23(11)13-5-3-2-4-6-13)18(26)21-20-17(25)14-10-12(19)7-8-16(14)24/h2-10,24H,1H3,(H,20,25)(H,21,26). The van der Waals surface area contributed by atoms with E-state index in [9.17, 15) is 14.7 Å². The molecule has 0 fully saturated rings. The average Bonchev–Trinajstić information content (AvgIpc) is 3.04. The van der Waals surface area contributed by atoms with Gasteiger partial charge in [0.15, 0.2) is 5.69 Å². The van der Waals surface area contributed by atoms with Gasteiger partial charge in [0.25, 0.3) is 11.8 Å². The summed E-state index contributed by atoms with van der Waals surface area (Å²) in [6, 6.07) is 15.0. The van der Waals surface area contributed by atoms with Gasteiger partial charge in [-0.3, -0.25) is 20.4 Å². The largest absolute Gasteiger partial charge is 0.507 e. The Morgan fingerprint density at radius 2 is 1.73 bits per heavy atom. The Bertz CT molecular complexity index is 970. The van der Waals surface area contributed by atoms with Crippen molar-refractivity contribution in [3.8, 4) is 11.4 Å². The Morgan fingerprint density at radius 1 is 1.04 bits per heavy atom. The van der Waals surface area contributed by atoms with Crippen molar-refractivity contribution < 1.29 is 14.7 Å². The summed E-state index contributed by atoms with van der Waals surface area (Å²) in [5.41, 5.74) is 6.16. The van der Waals surface area contributed by atoms with Gasteiger partial charge in [-0.25, -0.2) is 4.68 Å². The predicted molar refractivity (Wildman–Crippen MR) is 96.4 cm³/mol. The minimum absolute atomic E-state index is 0.0520. The van der Waals surface area contributed by atoms with Crippen LogP contribution in [0.2, 0.25) is 5.02 Å². The van der Waals surface area contributed by atoms with Gasteiger partial charge in [0, 0.05) is 10.7 Å². The number of nitrogens with one attached hydrogen (secondary N) is 2. The molecule has 0 atom stereocenters. The minimum atomic E-state index is -0.697. The lowest BCUT2D eigenvalue weighted by atomic mass is 10.2. The predicted octanol–water partition coefficient (Wildman–Crippen LogP) is 2.61. The van der Waals surface area contributed by atoms with E-state index in [1.807, 2.05) is 37.3 Å². The van der Waals surface area contributed by atoms with Crippen molar-refractivity contribution in [3.63, 3.8) is 0 Å². The molecule has 0 spiro atoms. The van der Waals surface area contributed by atoms with Crippen LogP contribution in [0.3, 0.4) is 0 Å². The van der Waals surface area contributed by atoms with Crippen LogP contribution in [0.4, 0.5) is 0 Å². The molecule has 3 N–H and O–H groups in total. The average molecular weight is 371 g/mol. The zero-order valence-electron chi connectivity index (χ0n) is 13.7. The molecule has 0 saturated heterocycles. The highest BCUT2D eigenvalue weighted by Crippen LogP contribution is 2.21. The molecule has 3 aromatic rings. The van der Waals surface area contributed by atoms with Gasteiger partial charge < -0.3 is 5.11 Å². The normalized spacial score (nSPS) is 10.4. The number of halogens is 1. The number of hydrazine groups is 1. The smallest absolute Gasteiger partial charge is 0.290 e. The number of phenolic OH excluding ortho intramolecular Hbond substituents is 1. The lowest BCUT2D eigenvalue weighted by Crippen LogP contribution is -2.41. The van der Waals surface area contributed by atoms with Crippen LogP contribution in [0.15, 0.2) is 54.6 Å². The fraction of sp³-hybridized carbons (Fsp3) is 0.0556. The first-order valence-electron chi connectivity index (χ1n) is 7.67. The highest BCUT2D eigenvalue weighted by molar-refractivity contribution is 6.31. The molecule has 2 aromatic carbocycles. The number of nitrogens with zero attached hydrogens (tertiary/aromatic N) is 2. The van der Waals surface area contributed by atoms with Crippen molar-refractivity contribution in [1.29, 1.82) is 0 Å². The van der Waals surface area contributed by atoms with Gasteiger partial charge in [0.05, 0.1) is 11.3 Å². The van der Waals surface area contributed by atoms with Gasteiger partial charge in [-0.2, -0.15) is 5.10 Å². The summed E-state index contributed by atoms with van der Waals surface area (Å²) in [7, 11) is 0. The third kappa shape index (κ3) is 3.68. The number of benzene rings is 2. The zero-order valence-corrected chi connectivity index (χ0v) is 14.5. The van der Waals surface area contributed by atoms with E-state index in [1.54, 1.807) is 10.7 Å². The number of hydrogen-bond acceptors (Lipinski definition) is 4. The van der Waals surface area contributed by atoms with E-state index in [0.29, 0.717) is 0 Å². The first kappa shape index (κ1) is 17.5. The lowest BCUT2D eigenvalue weighted by Gasteiger charge is -2.07. The number of aryl methyl sites for hydroxylation is 1. The quantitative estimate of drug-likeness (QED) is 0.617. The first-order chi connectivity index (χ1) is 12.5. The van der Waals surface area contributed by atoms with Crippen LogP contribution in [0, 0.1) is 6.92 Å². The molecule has 0 unspecified atom stereocenters. The summed E-state index contributed by atoms with van der Waals surface area (Å²) >= 11 is 5.81. The van der Waals surface area contributed by atoms with E-state index in [-0.39, 0.29) is 22.0 Å². The number of carbonyl (C=O) groups excluding carboxylic acids is 2. The lowest BCUT2D eigenvalue weighted by molar-refractivity contribution is 0.0842. The van der Waals surface area contributed by atoms with Crippen molar-refractivity contribution in [2.75, 3.05) is 0 Å². The molecule has 7 nitrogen and oxygen atoms in total. The van der Waals surface area contributed by atoms with Crippen molar-refractivity contribution in [2.24, 2.45) is 0 Å². The van der Waals surface area contributed by atoms with E-state index < -0.39 is 11.8 Å². The molecule has 132 valence electrons. The van der Waals surface area contributed by atoms with E-state index >= 15 is 0 Å². The van der Waals surface area contributed by atoms with Gasteiger partial charge in [-0.15, -0.1) is 0 Å². The molecule has 26 heavy (non-hydrogen) atoms. The van der Waals surface area contributed by atoms with Gasteiger partial charge >= 0.3 is 0 Å². The van der Waals surface area contributed by atoms with Crippen LogP contribution in [-0.4, -0.2) is 26.7 Å². The number of aromatic nitrogens is 2. The van der Waals surface area contributed by atoms with Crippen LogP contribution in [0.5, 0.6) is 5.75 Å². The van der Waals surface area contributed by atoms with E-state index in [2.05, 4.69) is 16.0 Å². The molecule has 0 radical (unpaired) electrons. The molecular formula is C18H15ClN4O3. The van der Waals surface area contributed by atoms with Gasteiger partial charge in [-0.05, 0) is 43.3 Å². The first-order valence-corrected chi connectivity index (χ1v) is 8.05. The van der Waals surface area contributed by atoms with E-state index in [4.69, 9.17) is 11.6 Å². The minimum Gasteiger partial charge on any atom is -0.507 e. The molecule has 0 bridgehead atoms. The number of aromatic hydroxyl groups is 1. The molecule has 0 aliphatic carbocycles. The summed E-state index contributed by atoms with van der Waals surface area (Å²) in [6.45, 7) is 1.82. The molecule has 1 aromatic heterocycles.